The van der Waals surface area contributed by atoms with Gasteiger partial charge in [-0.2, -0.15) is 0 Å². The van der Waals surface area contributed by atoms with E-state index in [2.05, 4.69) is 24.5 Å². The molecule has 2 rings (SSSR count). The van der Waals surface area contributed by atoms with E-state index in [0.717, 1.165) is 44.1 Å². The second kappa shape index (κ2) is 8.36. The van der Waals surface area contributed by atoms with E-state index in [1.165, 1.54) is 6.42 Å². The number of guanidine groups is 1. The number of aliphatic imine (C=N–C) groups is 1. The number of halogens is 1. The zero-order chi connectivity index (χ0) is 15.5. The lowest BCUT2D eigenvalue weighted by atomic mass is 9.85. The molecule has 0 aromatic rings. The van der Waals surface area contributed by atoms with Crippen LogP contribution in [0.25, 0.3) is 0 Å². The van der Waals surface area contributed by atoms with Crippen molar-refractivity contribution in [2.75, 3.05) is 27.2 Å². The first-order chi connectivity index (χ1) is 9.98. The van der Waals surface area contributed by atoms with Gasteiger partial charge in [0.05, 0.1) is 12.0 Å². The molecule has 0 heterocycles. The molecule has 2 N–H and O–H groups in total. The molecule has 2 saturated carbocycles. The third kappa shape index (κ3) is 4.73. The Morgan fingerprint density at radius 3 is 2.36 bits per heavy atom. The summed E-state index contributed by atoms with van der Waals surface area (Å²) >= 11 is 0. The molecule has 2 unspecified atom stereocenters. The van der Waals surface area contributed by atoms with E-state index in [9.17, 15) is 4.79 Å². The molecule has 2 atom stereocenters. The predicted molar refractivity (Wildman–Crippen MR) is 102 cm³/mol. The highest BCUT2D eigenvalue weighted by atomic mass is 127. The normalized spacial score (nSPS) is 26.1. The van der Waals surface area contributed by atoms with Gasteiger partial charge in [-0.05, 0) is 32.1 Å². The molecule has 5 nitrogen and oxygen atoms in total. The third-order valence-corrected chi connectivity index (χ3v) is 4.74. The molecule has 22 heavy (non-hydrogen) atoms. The monoisotopic (exact) mass is 422 g/mol. The van der Waals surface area contributed by atoms with Crippen LogP contribution in [0.1, 0.15) is 46.0 Å². The number of amides is 1. The lowest BCUT2D eigenvalue weighted by Crippen LogP contribution is -2.43. The van der Waals surface area contributed by atoms with Crippen LogP contribution in [0.15, 0.2) is 4.99 Å². The molecule has 0 radical (unpaired) electrons. The fraction of sp³-hybridized carbons (Fsp3) is 0.875. The first-order valence-electron chi connectivity index (χ1n) is 8.25. The number of carbonyl (C=O) groups excluding carboxylic acids is 1. The Balaban J connectivity index is 0.00000242. The largest absolute Gasteiger partial charge is 0.357 e. The molecular weight excluding hydrogens is 391 g/mol. The van der Waals surface area contributed by atoms with Crippen LogP contribution in [-0.2, 0) is 4.79 Å². The van der Waals surface area contributed by atoms with Crippen LogP contribution in [0, 0.1) is 11.3 Å². The van der Waals surface area contributed by atoms with Gasteiger partial charge in [0.1, 0.15) is 0 Å². The number of nitrogens with zero attached hydrogens (tertiary/aromatic N) is 2. The van der Waals surface area contributed by atoms with Crippen molar-refractivity contribution >= 4 is 35.8 Å². The Labute approximate surface area is 151 Å². The quantitative estimate of drug-likeness (QED) is 0.406. The summed E-state index contributed by atoms with van der Waals surface area (Å²) in [6.45, 7) is 5.76. The highest BCUT2D eigenvalue weighted by Gasteiger charge is 2.42. The van der Waals surface area contributed by atoms with Crippen molar-refractivity contribution in [1.82, 2.24) is 15.5 Å². The van der Waals surface area contributed by atoms with Crippen LogP contribution >= 0.6 is 24.0 Å². The maximum Gasteiger partial charge on any atom is 0.230 e. The smallest absolute Gasteiger partial charge is 0.230 e. The number of hydrogen-bond acceptors (Lipinski definition) is 2. The molecule has 2 aliphatic rings. The summed E-state index contributed by atoms with van der Waals surface area (Å²) < 4.78 is 0. The van der Waals surface area contributed by atoms with E-state index in [1.54, 1.807) is 4.90 Å². The Kier molecular flexibility index (Phi) is 7.41. The second-order valence-electron chi connectivity index (χ2n) is 6.85. The molecule has 2 aliphatic carbocycles. The van der Waals surface area contributed by atoms with Crippen molar-refractivity contribution in [1.29, 1.82) is 0 Å². The maximum atomic E-state index is 12.5. The van der Waals surface area contributed by atoms with Crippen LogP contribution in [-0.4, -0.2) is 50.0 Å². The van der Waals surface area contributed by atoms with Gasteiger partial charge in [-0.15, -0.1) is 24.0 Å². The average Bonchev–Trinajstić information content (AvgIpc) is 2.94. The van der Waals surface area contributed by atoms with Gasteiger partial charge in [0.15, 0.2) is 5.96 Å². The molecule has 0 bridgehead atoms. The number of hydrogen-bond donors (Lipinski definition) is 2. The average molecular weight is 422 g/mol. The maximum absolute atomic E-state index is 12.5. The summed E-state index contributed by atoms with van der Waals surface area (Å²) in [6, 6.07) is 0.548. The van der Waals surface area contributed by atoms with E-state index in [0.29, 0.717) is 12.6 Å². The van der Waals surface area contributed by atoms with Gasteiger partial charge >= 0.3 is 0 Å². The molecule has 6 heteroatoms. The van der Waals surface area contributed by atoms with Crippen molar-refractivity contribution in [3.63, 3.8) is 0 Å². The summed E-state index contributed by atoms with van der Waals surface area (Å²) in [5.74, 6) is 1.83. The van der Waals surface area contributed by atoms with Crippen LogP contribution < -0.4 is 10.6 Å². The summed E-state index contributed by atoms with van der Waals surface area (Å²) in [4.78, 5) is 19.0. The van der Waals surface area contributed by atoms with E-state index < -0.39 is 0 Å². The van der Waals surface area contributed by atoms with E-state index in [1.807, 2.05) is 14.1 Å². The summed E-state index contributed by atoms with van der Waals surface area (Å²) in [5, 5.41) is 6.76. The highest BCUT2D eigenvalue weighted by Crippen LogP contribution is 2.39. The minimum absolute atomic E-state index is 0. The third-order valence-electron chi connectivity index (χ3n) is 4.74. The number of carbonyl (C=O) groups is 1. The Bertz CT molecular complexity index is 405. The van der Waals surface area contributed by atoms with Crippen LogP contribution in [0.4, 0.5) is 0 Å². The van der Waals surface area contributed by atoms with E-state index in [4.69, 9.17) is 4.99 Å². The van der Waals surface area contributed by atoms with Crippen molar-refractivity contribution in [3.05, 3.63) is 0 Å². The minimum Gasteiger partial charge on any atom is -0.357 e. The fourth-order valence-corrected chi connectivity index (χ4v) is 3.21. The summed E-state index contributed by atoms with van der Waals surface area (Å²) in [5.41, 5.74) is -0.277. The topological polar surface area (TPSA) is 56.7 Å². The second-order valence-corrected chi connectivity index (χ2v) is 6.85. The van der Waals surface area contributed by atoms with E-state index in [-0.39, 0.29) is 35.3 Å². The molecule has 128 valence electrons. The summed E-state index contributed by atoms with van der Waals surface area (Å²) in [6.07, 6.45) is 5.42. The van der Waals surface area contributed by atoms with Gasteiger partial charge < -0.3 is 15.5 Å². The fourth-order valence-electron chi connectivity index (χ4n) is 3.21. The molecule has 0 spiro atoms. The van der Waals surface area contributed by atoms with Gasteiger partial charge in [-0.3, -0.25) is 9.79 Å². The van der Waals surface area contributed by atoms with Crippen molar-refractivity contribution < 1.29 is 4.79 Å². The molecule has 0 aromatic heterocycles. The molecule has 0 aliphatic heterocycles. The minimum atomic E-state index is -0.277. The predicted octanol–water partition coefficient (Wildman–Crippen LogP) is 2.22. The number of rotatable bonds is 5. The zero-order valence-electron chi connectivity index (χ0n) is 14.3. The van der Waals surface area contributed by atoms with Gasteiger partial charge in [0.25, 0.3) is 0 Å². The van der Waals surface area contributed by atoms with Gasteiger partial charge in [0.2, 0.25) is 5.91 Å². The molecular formula is C16H31IN4O. The van der Waals surface area contributed by atoms with Crippen molar-refractivity contribution in [2.24, 2.45) is 16.3 Å². The number of nitrogens with one attached hydrogen (secondary N) is 2. The zero-order valence-corrected chi connectivity index (χ0v) is 16.6. The van der Waals surface area contributed by atoms with Gasteiger partial charge in [0, 0.05) is 26.7 Å². The lowest BCUT2D eigenvalue weighted by molar-refractivity contribution is -0.138. The van der Waals surface area contributed by atoms with Gasteiger partial charge in [-0.1, -0.05) is 19.8 Å². The Morgan fingerprint density at radius 1 is 1.32 bits per heavy atom. The highest BCUT2D eigenvalue weighted by molar-refractivity contribution is 14.0. The van der Waals surface area contributed by atoms with Crippen LogP contribution in [0.5, 0.6) is 0 Å². The molecule has 0 saturated heterocycles. The van der Waals surface area contributed by atoms with Crippen molar-refractivity contribution in [3.8, 4) is 0 Å². The molecule has 2 fully saturated rings. The lowest BCUT2D eigenvalue weighted by Gasteiger charge is -2.29. The summed E-state index contributed by atoms with van der Waals surface area (Å²) in [7, 11) is 3.70. The first kappa shape index (κ1) is 19.5. The molecule has 1 amide bonds. The van der Waals surface area contributed by atoms with Gasteiger partial charge in [-0.25, -0.2) is 0 Å². The first-order valence-corrected chi connectivity index (χ1v) is 8.25. The standard InChI is InChI=1S/C16H30N4O.HI/c1-5-17-15(19-13-10-12(13)2)18-11-16(8-6-7-9-16)14(21)20(3)4;/h12-13H,5-11H2,1-4H3,(H2,17,18,19);1H. The SMILES string of the molecule is CCNC(=NCC1(C(=O)N(C)C)CCCC1)NC1CC1C.I. The van der Waals surface area contributed by atoms with Crippen LogP contribution in [0.3, 0.4) is 0 Å². The van der Waals surface area contributed by atoms with Crippen molar-refractivity contribution in [2.45, 2.75) is 52.0 Å². The van der Waals surface area contributed by atoms with Crippen LogP contribution in [0.2, 0.25) is 0 Å². The molecule has 0 aromatic carbocycles. The Hall–Kier alpha value is -0.530. The Morgan fingerprint density at radius 2 is 1.91 bits per heavy atom. The van der Waals surface area contributed by atoms with E-state index >= 15 is 0 Å².